The van der Waals surface area contributed by atoms with Crippen molar-refractivity contribution in [2.75, 3.05) is 0 Å². The predicted molar refractivity (Wildman–Crippen MR) is 65.4 cm³/mol. The number of aliphatic imine (C=N–C) groups is 1. The van der Waals surface area contributed by atoms with Gasteiger partial charge in [-0.05, 0) is 19.1 Å². The topological polar surface area (TPSA) is 95.8 Å². The van der Waals surface area contributed by atoms with Crippen molar-refractivity contribution in [1.29, 1.82) is 0 Å². The molecular weight excluding hydrogens is 313 g/mol. The molecule has 0 saturated carbocycles. The number of carbonyl (C=O) groups is 1. The average molecular weight is 322 g/mol. The molecule has 1 atom stereocenters. The van der Waals surface area contributed by atoms with E-state index in [1.807, 2.05) is 4.72 Å². The average Bonchev–Trinajstić information content (AvgIpc) is 2.60. The van der Waals surface area contributed by atoms with Crippen molar-refractivity contribution >= 4 is 21.8 Å². The van der Waals surface area contributed by atoms with Crippen LogP contribution in [0.3, 0.4) is 0 Å². The van der Waals surface area contributed by atoms with Crippen molar-refractivity contribution in [2.24, 2.45) is 4.99 Å². The van der Waals surface area contributed by atoms with Crippen molar-refractivity contribution in [3.05, 3.63) is 29.8 Å². The molecule has 10 heteroatoms. The third kappa shape index (κ3) is 2.35. The van der Waals surface area contributed by atoms with Crippen LogP contribution in [0.25, 0.3) is 0 Å². The first-order valence-corrected chi connectivity index (χ1v) is 6.99. The molecule has 0 amide bonds. The zero-order chi connectivity index (χ0) is 16.1. The van der Waals surface area contributed by atoms with Crippen LogP contribution in [0.2, 0.25) is 0 Å². The van der Waals surface area contributed by atoms with Crippen LogP contribution in [0.5, 0.6) is 0 Å². The van der Waals surface area contributed by atoms with E-state index in [1.54, 1.807) is 0 Å². The van der Waals surface area contributed by atoms with Crippen LogP contribution < -0.4 is 4.72 Å². The van der Waals surface area contributed by atoms with Crippen LogP contribution in [0.15, 0.2) is 34.2 Å². The second kappa shape index (κ2) is 4.45. The number of rotatable bonds is 2. The van der Waals surface area contributed by atoms with E-state index in [0.29, 0.717) is 6.92 Å². The molecule has 2 N–H and O–H groups in total. The molecule has 0 spiro atoms. The van der Waals surface area contributed by atoms with E-state index in [-0.39, 0.29) is 10.5 Å². The Labute approximate surface area is 117 Å². The number of hydrogen-bond acceptors (Lipinski definition) is 4. The number of benzene rings is 1. The summed E-state index contributed by atoms with van der Waals surface area (Å²) in [7, 11) is -4.04. The third-order valence-corrected chi connectivity index (χ3v) is 4.36. The van der Waals surface area contributed by atoms with Crippen molar-refractivity contribution in [2.45, 2.75) is 23.5 Å². The number of carboxylic acids is 1. The largest absolute Gasteiger partial charge is 0.479 e. The minimum absolute atomic E-state index is 0.103. The first-order chi connectivity index (χ1) is 9.49. The number of nitrogens with zero attached hydrogens (tertiary/aromatic N) is 1. The Balaban J connectivity index is 2.66. The fraction of sp³-hybridized carbons (Fsp3) is 0.273. The highest BCUT2D eigenvalue weighted by molar-refractivity contribution is 7.90. The van der Waals surface area contributed by atoms with Crippen LogP contribution in [-0.4, -0.2) is 37.0 Å². The number of alkyl halides is 3. The number of fused-ring (bicyclic) bond motifs is 1. The highest BCUT2D eigenvalue weighted by Crippen LogP contribution is 2.35. The lowest BCUT2D eigenvalue weighted by Gasteiger charge is -2.23. The molecule has 0 aliphatic carbocycles. The van der Waals surface area contributed by atoms with Gasteiger partial charge in [0.1, 0.15) is 5.84 Å². The van der Waals surface area contributed by atoms with Gasteiger partial charge in [-0.25, -0.2) is 18.2 Å². The number of sulfonamides is 1. The normalized spacial score (nSPS) is 21.4. The molecule has 1 aromatic carbocycles. The molecule has 0 bridgehead atoms. The molecule has 0 saturated heterocycles. The van der Waals surface area contributed by atoms with Gasteiger partial charge in [0, 0.05) is 5.56 Å². The van der Waals surface area contributed by atoms with Gasteiger partial charge in [-0.3, -0.25) is 4.72 Å². The number of aliphatic carboxylic acids is 1. The molecule has 0 radical (unpaired) electrons. The number of nitrogens with one attached hydrogen (secondary N) is 1. The Bertz CT molecular complexity index is 742. The maximum absolute atomic E-state index is 12.9. The smallest absolute Gasteiger partial charge is 0.424 e. The van der Waals surface area contributed by atoms with Crippen LogP contribution >= 0.6 is 0 Å². The molecule has 21 heavy (non-hydrogen) atoms. The molecule has 1 unspecified atom stereocenters. The molecule has 2 rings (SSSR count). The second-order valence-electron chi connectivity index (χ2n) is 4.44. The SMILES string of the molecule is CC(N=C1NS(=O)(=O)c2ccccc21)(C(=O)O)C(F)(F)F. The highest BCUT2D eigenvalue weighted by atomic mass is 32.2. The monoisotopic (exact) mass is 322 g/mol. The van der Waals surface area contributed by atoms with Crippen molar-refractivity contribution in [3.63, 3.8) is 0 Å². The Kier molecular flexibility index (Phi) is 3.24. The van der Waals surface area contributed by atoms with Gasteiger partial charge < -0.3 is 5.11 Å². The molecule has 1 heterocycles. The number of amidine groups is 1. The van der Waals surface area contributed by atoms with Crippen LogP contribution in [0, 0.1) is 0 Å². The van der Waals surface area contributed by atoms with Crippen molar-refractivity contribution in [1.82, 2.24) is 4.72 Å². The maximum atomic E-state index is 12.9. The lowest BCUT2D eigenvalue weighted by atomic mass is 10.0. The van der Waals surface area contributed by atoms with E-state index in [1.165, 1.54) is 24.3 Å². The number of halogens is 3. The Morgan fingerprint density at radius 3 is 2.38 bits per heavy atom. The zero-order valence-electron chi connectivity index (χ0n) is 10.5. The van der Waals surface area contributed by atoms with Gasteiger partial charge >= 0.3 is 12.1 Å². The summed E-state index contributed by atoms with van der Waals surface area (Å²) in [4.78, 5) is 13.8. The molecule has 0 fully saturated rings. The van der Waals surface area contributed by atoms with Gasteiger partial charge in [0.2, 0.25) is 0 Å². The summed E-state index contributed by atoms with van der Waals surface area (Å²) in [5.74, 6) is -2.88. The molecule has 0 aromatic heterocycles. The van der Waals surface area contributed by atoms with E-state index >= 15 is 0 Å². The first-order valence-electron chi connectivity index (χ1n) is 5.51. The molecular formula is C11H9F3N2O4S. The predicted octanol–water partition coefficient (Wildman–Crippen LogP) is 1.13. The summed E-state index contributed by atoms with van der Waals surface area (Å²) in [5, 5.41) is 8.80. The van der Waals surface area contributed by atoms with Gasteiger partial charge in [-0.15, -0.1) is 0 Å². The molecule has 1 aliphatic rings. The van der Waals surface area contributed by atoms with Crippen molar-refractivity contribution in [3.8, 4) is 0 Å². The van der Waals surface area contributed by atoms with E-state index < -0.39 is 33.5 Å². The Morgan fingerprint density at radius 1 is 1.29 bits per heavy atom. The van der Waals surface area contributed by atoms with Crippen LogP contribution in [-0.2, 0) is 14.8 Å². The maximum Gasteiger partial charge on any atom is 0.424 e. The minimum atomic E-state index is -5.19. The summed E-state index contributed by atoms with van der Waals surface area (Å²) in [5.41, 5.74) is -3.56. The Morgan fingerprint density at radius 2 is 1.86 bits per heavy atom. The second-order valence-corrected chi connectivity index (χ2v) is 6.09. The zero-order valence-corrected chi connectivity index (χ0v) is 11.3. The fourth-order valence-corrected chi connectivity index (χ4v) is 2.91. The van der Waals surface area contributed by atoms with Crippen molar-refractivity contribution < 1.29 is 31.5 Å². The lowest BCUT2D eigenvalue weighted by Crippen LogP contribution is -2.49. The molecule has 1 aliphatic heterocycles. The summed E-state index contributed by atoms with van der Waals surface area (Å²) in [6.45, 7) is 0.359. The van der Waals surface area contributed by atoms with Gasteiger partial charge in [0.05, 0.1) is 4.90 Å². The third-order valence-electron chi connectivity index (χ3n) is 2.97. The van der Waals surface area contributed by atoms with E-state index in [4.69, 9.17) is 5.11 Å². The minimum Gasteiger partial charge on any atom is -0.479 e. The molecule has 1 aromatic rings. The van der Waals surface area contributed by atoms with Gasteiger partial charge in [0.25, 0.3) is 15.6 Å². The summed E-state index contributed by atoms with van der Waals surface area (Å²) < 4.78 is 64.1. The van der Waals surface area contributed by atoms with Crippen LogP contribution in [0.4, 0.5) is 13.2 Å². The van der Waals surface area contributed by atoms with Gasteiger partial charge in [-0.1, -0.05) is 12.1 Å². The van der Waals surface area contributed by atoms with E-state index in [9.17, 15) is 26.4 Å². The summed E-state index contributed by atoms with van der Waals surface area (Å²) in [6, 6.07) is 5.22. The number of hydrogen-bond donors (Lipinski definition) is 2. The summed E-state index contributed by atoms with van der Waals surface area (Å²) >= 11 is 0. The van der Waals surface area contributed by atoms with Gasteiger partial charge in [-0.2, -0.15) is 13.2 Å². The standard InChI is InChI=1S/C11H9F3N2O4S/c1-10(9(17)18,11(12,13)14)15-8-6-4-2-3-5-7(6)21(19,20)16-8/h2-5H,1H3,(H,15,16)(H,17,18). The summed E-state index contributed by atoms with van der Waals surface area (Å²) in [6.07, 6.45) is -5.19. The fourth-order valence-electron chi connectivity index (χ4n) is 1.67. The number of carboxylic acid groups (broad SMARTS) is 1. The quantitative estimate of drug-likeness (QED) is 0.853. The molecule has 6 nitrogen and oxygen atoms in total. The highest BCUT2D eigenvalue weighted by Gasteiger charge is 2.58. The Hall–Kier alpha value is -2.10. The van der Waals surface area contributed by atoms with E-state index in [0.717, 1.165) is 0 Å². The first kappa shape index (κ1) is 15.3. The lowest BCUT2D eigenvalue weighted by molar-refractivity contribution is -0.197. The van der Waals surface area contributed by atoms with Gasteiger partial charge in [0.15, 0.2) is 0 Å². The molecule has 114 valence electrons. The van der Waals surface area contributed by atoms with Crippen LogP contribution in [0.1, 0.15) is 12.5 Å². The van der Waals surface area contributed by atoms with E-state index in [2.05, 4.69) is 4.99 Å².